The largest absolute Gasteiger partial charge is 0.496 e. The van der Waals surface area contributed by atoms with Crippen LogP contribution in [0.2, 0.25) is 0 Å². The minimum absolute atomic E-state index is 0.0361. The Labute approximate surface area is 189 Å². The van der Waals surface area contributed by atoms with E-state index in [0.717, 1.165) is 0 Å². The molecule has 0 radical (unpaired) electrons. The maximum atomic E-state index is 13.7. The zero-order chi connectivity index (χ0) is 23.1. The third kappa shape index (κ3) is 5.44. The quantitative estimate of drug-likeness (QED) is 0.476. The molecule has 32 heavy (non-hydrogen) atoms. The Morgan fingerprint density at radius 2 is 1.88 bits per heavy atom. The molecule has 1 heterocycles. The summed E-state index contributed by atoms with van der Waals surface area (Å²) in [5, 5.41) is 14.4. The molecule has 2 aromatic carbocycles. The van der Waals surface area contributed by atoms with Gasteiger partial charge in [-0.15, -0.1) is 10.2 Å². The Hall–Kier alpha value is -3.40. The third-order valence-corrected chi connectivity index (χ3v) is 5.60. The second kappa shape index (κ2) is 10.8. The van der Waals surface area contributed by atoms with Crippen molar-refractivity contribution in [2.45, 2.75) is 31.6 Å². The van der Waals surface area contributed by atoms with Crippen LogP contribution in [0, 0.1) is 5.82 Å². The standard InChI is InChI=1S/C22H24FN5O3S/c1-4-28-20(14(2)24-21(30)15-9-5-8-12-18(15)31-3)26-27-22(28)32-13-19(29)25-17-11-7-6-10-16(17)23/h5-12,14H,4,13H2,1-3H3,(H,24,30)(H,25,29)/t14-/m1/s1. The van der Waals surface area contributed by atoms with Gasteiger partial charge in [0.2, 0.25) is 5.91 Å². The van der Waals surface area contributed by atoms with Gasteiger partial charge in [-0.1, -0.05) is 36.0 Å². The Morgan fingerprint density at radius 3 is 2.59 bits per heavy atom. The Balaban J connectivity index is 1.65. The van der Waals surface area contributed by atoms with Gasteiger partial charge in [-0.05, 0) is 38.1 Å². The molecule has 0 aliphatic carbocycles. The highest BCUT2D eigenvalue weighted by atomic mass is 32.2. The van der Waals surface area contributed by atoms with Crippen LogP contribution in [0.4, 0.5) is 10.1 Å². The molecule has 0 aliphatic rings. The molecule has 0 bridgehead atoms. The van der Waals surface area contributed by atoms with Gasteiger partial charge in [-0.3, -0.25) is 9.59 Å². The summed E-state index contributed by atoms with van der Waals surface area (Å²) in [5.41, 5.74) is 0.548. The van der Waals surface area contributed by atoms with Crippen LogP contribution in [0.25, 0.3) is 0 Å². The van der Waals surface area contributed by atoms with Crippen molar-refractivity contribution in [3.63, 3.8) is 0 Å². The maximum Gasteiger partial charge on any atom is 0.255 e. The highest BCUT2D eigenvalue weighted by Crippen LogP contribution is 2.23. The molecule has 1 aromatic heterocycles. The van der Waals surface area contributed by atoms with Crippen LogP contribution in [0.3, 0.4) is 0 Å². The summed E-state index contributed by atoms with van der Waals surface area (Å²) in [4.78, 5) is 24.9. The van der Waals surface area contributed by atoms with Crippen LogP contribution >= 0.6 is 11.8 Å². The van der Waals surface area contributed by atoms with Crippen LogP contribution in [0.1, 0.15) is 36.1 Å². The first-order valence-electron chi connectivity index (χ1n) is 9.98. The lowest BCUT2D eigenvalue weighted by Gasteiger charge is -2.16. The first-order chi connectivity index (χ1) is 15.4. The summed E-state index contributed by atoms with van der Waals surface area (Å²) in [6.45, 7) is 4.28. The number of halogens is 1. The van der Waals surface area contributed by atoms with E-state index in [-0.39, 0.29) is 23.3 Å². The molecule has 2 amide bonds. The van der Waals surface area contributed by atoms with Gasteiger partial charge in [0.15, 0.2) is 11.0 Å². The highest BCUT2D eigenvalue weighted by molar-refractivity contribution is 7.99. The van der Waals surface area contributed by atoms with E-state index in [9.17, 15) is 14.0 Å². The zero-order valence-electron chi connectivity index (χ0n) is 18.0. The summed E-state index contributed by atoms with van der Waals surface area (Å²) in [6, 6.07) is 12.5. The number of rotatable bonds is 9. The number of anilines is 1. The first-order valence-corrected chi connectivity index (χ1v) is 11.0. The molecule has 2 N–H and O–H groups in total. The molecular formula is C22H24FN5O3S. The van der Waals surface area contributed by atoms with E-state index in [1.807, 2.05) is 18.4 Å². The number of carbonyl (C=O) groups excluding carboxylic acids is 2. The van der Waals surface area contributed by atoms with Gasteiger partial charge < -0.3 is 19.9 Å². The number of hydrogen-bond acceptors (Lipinski definition) is 6. The molecule has 0 unspecified atom stereocenters. The molecule has 0 spiro atoms. The number of para-hydroxylation sites is 2. The fourth-order valence-electron chi connectivity index (χ4n) is 3.07. The van der Waals surface area contributed by atoms with Crippen molar-refractivity contribution in [1.29, 1.82) is 0 Å². The van der Waals surface area contributed by atoms with E-state index in [1.54, 1.807) is 36.4 Å². The number of methoxy groups -OCH3 is 1. The highest BCUT2D eigenvalue weighted by Gasteiger charge is 2.21. The molecule has 0 fully saturated rings. The lowest BCUT2D eigenvalue weighted by Crippen LogP contribution is -2.29. The average molecular weight is 458 g/mol. The van der Waals surface area contributed by atoms with Gasteiger partial charge in [-0.2, -0.15) is 0 Å². The molecule has 0 saturated carbocycles. The van der Waals surface area contributed by atoms with E-state index in [0.29, 0.717) is 28.8 Å². The van der Waals surface area contributed by atoms with Gasteiger partial charge in [0, 0.05) is 6.54 Å². The minimum atomic E-state index is -0.496. The number of thioether (sulfide) groups is 1. The lowest BCUT2D eigenvalue weighted by atomic mass is 10.1. The van der Waals surface area contributed by atoms with Crippen LogP contribution < -0.4 is 15.4 Å². The summed E-state index contributed by atoms with van der Waals surface area (Å²) in [6.07, 6.45) is 0. The predicted molar refractivity (Wildman–Crippen MR) is 120 cm³/mol. The van der Waals surface area contributed by atoms with Crippen LogP contribution in [0.15, 0.2) is 53.7 Å². The second-order valence-electron chi connectivity index (χ2n) is 6.80. The summed E-state index contributed by atoms with van der Waals surface area (Å²) in [5.74, 6) is -0.0681. The number of nitrogens with one attached hydrogen (secondary N) is 2. The average Bonchev–Trinajstić information content (AvgIpc) is 3.22. The Kier molecular flexibility index (Phi) is 7.82. The number of nitrogens with zero attached hydrogens (tertiary/aromatic N) is 3. The number of aromatic nitrogens is 3. The second-order valence-corrected chi connectivity index (χ2v) is 7.74. The Morgan fingerprint density at radius 1 is 1.16 bits per heavy atom. The van der Waals surface area contributed by atoms with Gasteiger partial charge in [0.05, 0.1) is 30.2 Å². The molecular weight excluding hydrogens is 433 g/mol. The molecule has 10 heteroatoms. The van der Waals surface area contributed by atoms with E-state index in [1.165, 1.54) is 31.0 Å². The first kappa shape index (κ1) is 23.3. The number of ether oxygens (including phenoxy) is 1. The SMILES string of the molecule is CCn1c(SCC(=O)Nc2ccccc2F)nnc1[C@@H](C)NC(=O)c1ccccc1OC. The minimum Gasteiger partial charge on any atom is -0.496 e. The predicted octanol–water partition coefficient (Wildman–Crippen LogP) is 3.67. The summed E-state index contributed by atoms with van der Waals surface area (Å²) < 4.78 is 20.8. The summed E-state index contributed by atoms with van der Waals surface area (Å²) >= 11 is 1.19. The van der Waals surface area contributed by atoms with E-state index in [2.05, 4.69) is 20.8 Å². The van der Waals surface area contributed by atoms with E-state index >= 15 is 0 Å². The smallest absolute Gasteiger partial charge is 0.255 e. The normalized spacial score (nSPS) is 11.6. The topological polar surface area (TPSA) is 98.1 Å². The maximum absolute atomic E-state index is 13.7. The Bertz CT molecular complexity index is 1100. The number of benzene rings is 2. The van der Waals surface area contributed by atoms with Gasteiger partial charge in [-0.25, -0.2) is 4.39 Å². The van der Waals surface area contributed by atoms with Crippen molar-refractivity contribution in [1.82, 2.24) is 20.1 Å². The monoisotopic (exact) mass is 457 g/mol. The van der Waals surface area contributed by atoms with Gasteiger partial charge in [0.25, 0.3) is 5.91 Å². The molecule has 0 aliphatic heterocycles. The van der Waals surface area contributed by atoms with Crippen molar-refractivity contribution < 1.29 is 18.7 Å². The molecule has 0 saturated heterocycles. The zero-order valence-corrected chi connectivity index (χ0v) is 18.8. The molecule has 8 nitrogen and oxygen atoms in total. The number of carbonyl (C=O) groups is 2. The van der Waals surface area contributed by atoms with Crippen molar-refractivity contribution in [3.8, 4) is 5.75 Å². The van der Waals surface area contributed by atoms with Crippen LogP contribution in [0.5, 0.6) is 5.75 Å². The van der Waals surface area contributed by atoms with E-state index in [4.69, 9.17) is 4.74 Å². The fourth-order valence-corrected chi connectivity index (χ4v) is 3.88. The molecule has 3 rings (SSSR count). The fraction of sp³-hybridized carbons (Fsp3) is 0.273. The number of hydrogen-bond donors (Lipinski definition) is 2. The van der Waals surface area contributed by atoms with Crippen molar-refractivity contribution >= 4 is 29.3 Å². The number of amides is 2. The molecule has 168 valence electrons. The molecule has 1 atom stereocenters. The van der Waals surface area contributed by atoms with Crippen molar-refractivity contribution in [3.05, 3.63) is 65.7 Å². The van der Waals surface area contributed by atoms with Crippen LogP contribution in [-0.2, 0) is 11.3 Å². The van der Waals surface area contributed by atoms with Crippen molar-refractivity contribution in [2.24, 2.45) is 0 Å². The van der Waals surface area contributed by atoms with Gasteiger partial charge >= 0.3 is 0 Å². The molecule has 3 aromatic rings. The van der Waals surface area contributed by atoms with E-state index < -0.39 is 11.9 Å². The third-order valence-electron chi connectivity index (χ3n) is 4.63. The van der Waals surface area contributed by atoms with Crippen LogP contribution in [-0.4, -0.2) is 39.4 Å². The van der Waals surface area contributed by atoms with Gasteiger partial charge in [0.1, 0.15) is 11.6 Å². The van der Waals surface area contributed by atoms with Crippen molar-refractivity contribution in [2.75, 3.05) is 18.2 Å². The summed E-state index contributed by atoms with van der Waals surface area (Å²) in [7, 11) is 1.51. The lowest BCUT2D eigenvalue weighted by molar-refractivity contribution is -0.113.